The van der Waals surface area contributed by atoms with Gasteiger partial charge in [0.05, 0.1) is 24.3 Å². The van der Waals surface area contributed by atoms with E-state index in [2.05, 4.69) is 16.9 Å². The zero-order valence-electron chi connectivity index (χ0n) is 16.8. The summed E-state index contributed by atoms with van der Waals surface area (Å²) in [5.74, 6) is 0.212. The van der Waals surface area contributed by atoms with Gasteiger partial charge in [-0.2, -0.15) is 0 Å². The minimum Gasteiger partial charge on any atom is -0.484 e. The summed E-state index contributed by atoms with van der Waals surface area (Å²) >= 11 is 0. The van der Waals surface area contributed by atoms with Crippen molar-refractivity contribution < 1.29 is 13.9 Å². The second kappa shape index (κ2) is 9.37. The molecule has 1 aliphatic heterocycles. The summed E-state index contributed by atoms with van der Waals surface area (Å²) in [5, 5.41) is 3.07. The SMILES string of the molecule is C=C(/N=C(\OC)[C@H]1CCCN(C(=O)c2ccccc2NC)C1)c1ccc(F)cc1. The molecule has 0 radical (unpaired) electrons. The Labute approximate surface area is 170 Å². The summed E-state index contributed by atoms with van der Waals surface area (Å²) < 4.78 is 18.7. The van der Waals surface area contributed by atoms with Crippen molar-refractivity contribution in [2.24, 2.45) is 10.9 Å². The first kappa shape index (κ1) is 20.6. The van der Waals surface area contributed by atoms with E-state index in [0.29, 0.717) is 30.2 Å². The van der Waals surface area contributed by atoms with Gasteiger partial charge in [0.25, 0.3) is 5.91 Å². The summed E-state index contributed by atoms with van der Waals surface area (Å²) in [5.41, 5.74) is 2.70. The third-order valence-corrected chi connectivity index (χ3v) is 5.12. The normalized spacial score (nSPS) is 17.0. The Morgan fingerprint density at radius 2 is 1.97 bits per heavy atom. The number of aliphatic imine (C=N–C) groups is 1. The van der Waals surface area contributed by atoms with Gasteiger partial charge in [0.15, 0.2) is 5.90 Å². The van der Waals surface area contributed by atoms with E-state index in [9.17, 15) is 9.18 Å². The number of nitrogens with zero attached hydrogens (tertiary/aromatic N) is 2. The van der Waals surface area contributed by atoms with E-state index in [0.717, 1.165) is 24.1 Å². The van der Waals surface area contributed by atoms with E-state index >= 15 is 0 Å². The number of halogens is 1. The van der Waals surface area contributed by atoms with E-state index in [1.807, 2.05) is 36.2 Å². The Kier molecular flexibility index (Phi) is 6.65. The predicted molar refractivity (Wildman–Crippen MR) is 114 cm³/mol. The summed E-state index contributed by atoms with van der Waals surface area (Å²) in [7, 11) is 3.38. The number of ether oxygens (including phenoxy) is 1. The Morgan fingerprint density at radius 3 is 2.66 bits per heavy atom. The number of hydrogen-bond acceptors (Lipinski definition) is 4. The number of carbonyl (C=O) groups is 1. The van der Waals surface area contributed by atoms with Crippen LogP contribution in [-0.2, 0) is 4.74 Å². The molecule has 0 unspecified atom stereocenters. The first-order chi connectivity index (χ1) is 14.0. The molecular formula is C23H26FN3O2. The van der Waals surface area contributed by atoms with Crippen molar-refractivity contribution >= 4 is 23.2 Å². The fourth-order valence-electron chi connectivity index (χ4n) is 3.56. The summed E-state index contributed by atoms with van der Waals surface area (Å²) in [6.45, 7) is 5.21. The number of piperidine rings is 1. The largest absolute Gasteiger partial charge is 0.484 e. The zero-order valence-corrected chi connectivity index (χ0v) is 16.8. The van der Waals surface area contributed by atoms with Crippen LogP contribution in [0.3, 0.4) is 0 Å². The molecule has 29 heavy (non-hydrogen) atoms. The fourth-order valence-corrected chi connectivity index (χ4v) is 3.56. The Hall–Kier alpha value is -3.15. The van der Waals surface area contributed by atoms with Crippen LogP contribution in [0.15, 0.2) is 60.1 Å². The number of nitrogens with one attached hydrogen (secondary N) is 1. The van der Waals surface area contributed by atoms with Crippen LogP contribution in [0, 0.1) is 11.7 Å². The van der Waals surface area contributed by atoms with E-state index in [1.165, 1.54) is 12.1 Å². The highest BCUT2D eigenvalue weighted by Crippen LogP contribution is 2.25. The maximum Gasteiger partial charge on any atom is 0.255 e. The van der Waals surface area contributed by atoms with Gasteiger partial charge in [-0.1, -0.05) is 18.7 Å². The number of rotatable bonds is 5. The molecule has 1 heterocycles. The van der Waals surface area contributed by atoms with Gasteiger partial charge in [-0.3, -0.25) is 4.79 Å². The number of hydrogen-bond donors (Lipinski definition) is 1. The highest BCUT2D eigenvalue weighted by atomic mass is 19.1. The standard InChI is InChI=1S/C23H26FN3O2/c1-16(17-10-12-19(24)13-11-17)26-22(29-3)18-7-6-14-27(15-18)23(28)20-8-4-5-9-21(20)25-2/h4-5,8-13,18,25H,1,6-7,14-15H2,2-3H3/b26-22-/t18-/m0/s1. The van der Waals surface area contributed by atoms with E-state index in [4.69, 9.17) is 4.74 Å². The molecule has 0 aromatic heterocycles. The molecule has 152 valence electrons. The molecule has 1 amide bonds. The topological polar surface area (TPSA) is 53.9 Å². The van der Waals surface area contributed by atoms with Gasteiger partial charge in [0, 0.05) is 25.8 Å². The van der Waals surface area contributed by atoms with Crippen molar-refractivity contribution in [3.05, 3.63) is 72.1 Å². The van der Waals surface area contributed by atoms with Gasteiger partial charge in [-0.05, 0) is 54.8 Å². The van der Waals surface area contributed by atoms with Crippen LogP contribution >= 0.6 is 0 Å². The van der Waals surface area contributed by atoms with Crippen LogP contribution in [0.5, 0.6) is 0 Å². The number of amides is 1. The van der Waals surface area contributed by atoms with Gasteiger partial charge in [-0.25, -0.2) is 9.38 Å². The summed E-state index contributed by atoms with van der Waals surface area (Å²) in [6, 6.07) is 13.5. The maximum atomic E-state index is 13.2. The molecule has 5 nitrogen and oxygen atoms in total. The molecule has 0 saturated carbocycles. The van der Waals surface area contributed by atoms with Crippen molar-refractivity contribution in [1.82, 2.24) is 4.90 Å². The Morgan fingerprint density at radius 1 is 1.24 bits per heavy atom. The quantitative estimate of drug-likeness (QED) is 0.602. The highest BCUT2D eigenvalue weighted by molar-refractivity contribution is 6.00. The Bertz CT molecular complexity index is 909. The second-order valence-electron chi connectivity index (χ2n) is 6.99. The van der Waals surface area contributed by atoms with Crippen LogP contribution in [-0.4, -0.2) is 44.0 Å². The van der Waals surface area contributed by atoms with Crippen LogP contribution in [0.2, 0.25) is 0 Å². The molecule has 6 heteroatoms. The second-order valence-corrected chi connectivity index (χ2v) is 6.99. The fraction of sp³-hybridized carbons (Fsp3) is 0.304. The minimum absolute atomic E-state index is 0.00698. The van der Waals surface area contributed by atoms with Crippen LogP contribution in [0.1, 0.15) is 28.8 Å². The first-order valence-electron chi connectivity index (χ1n) is 9.67. The van der Waals surface area contributed by atoms with Crippen LogP contribution < -0.4 is 5.32 Å². The van der Waals surface area contributed by atoms with E-state index in [-0.39, 0.29) is 17.6 Å². The molecule has 2 aromatic carbocycles. The molecule has 1 saturated heterocycles. The molecule has 1 fully saturated rings. The number of anilines is 1. The van der Waals surface area contributed by atoms with Crippen molar-refractivity contribution in [2.45, 2.75) is 12.8 Å². The van der Waals surface area contributed by atoms with Gasteiger partial charge < -0.3 is 15.0 Å². The molecule has 3 rings (SSSR count). The zero-order chi connectivity index (χ0) is 20.8. The first-order valence-corrected chi connectivity index (χ1v) is 9.67. The lowest BCUT2D eigenvalue weighted by atomic mass is 9.96. The molecule has 1 N–H and O–H groups in total. The summed E-state index contributed by atoms with van der Waals surface area (Å²) in [6.07, 6.45) is 1.74. The molecule has 0 aliphatic carbocycles. The average Bonchev–Trinajstić information content (AvgIpc) is 2.77. The third kappa shape index (κ3) is 4.83. The van der Waals surface area contributed by atoms with Crippen molar-refractivity contribution in [3.63, 3.8) is 0 Å². The minimum atomic E-state index is -0.305. The van der Waals surface area contributed by atoms with Gasteiger partial charge in [0.1, 0.15) is 5.82 Å². The number of benzene rings is 2. The highest BCUT2D eigenvalue weighted by Gasteiger charge is 2.29. The molecule has 0 spiro atoms. The lowest BCUT2D eigenvalue weighted by Crippen LogP contribution is -2.42. The number of carbonyl (C=O) groups excluding carboxylic acids is 1. The maximum absolute atomic E-state index is 13.2. The molecular weight excluding hydrogens is 369 g/mol. The summed E-state index contributed by atoms with van der Waals surface area (Å²) in [4.78, 5) is 19.5. The van der Waals surface area contributed by atoms with E-state index in [1.54, 1.807) is 19.2 Å². The van der Waals surface area contributed by atoms with Gasteiger partial charge in [-0.15, -0.1) is 0 Å². The molecule has 1 aliphatic rings. The Balaban J connectivity index is 1.76. The number of para-hydroxylation sites is 1. The van der Waals surface area contributed by atoms with Gasteiger partial charge >= 0.3 is 0 Å². The van der Waals surface area contributed by atoms with Crippen LogP contribution in [0.25, 0.3) is 5.70 Å². The van der Waals surface area contributed by atoms with E-state index < -0.39 is 0 Å². The smallest absolute Gasteiger partial charge is 0.255 e. The van der Waals surface area contributed by atoms with Crippen molar-refractivity contribution in [2.75, 3.05) is 32.6 Å². The number of methoxy groups -OCH3 is 1. The average molecular weight is 395 g/mol. The van der Waals surface area contributed by atoms with Crippen molar-refractivity contribution in [3.8, 4) is 0 Å². The molecule has 0 bridgehead atoms. The molecule has 1 atom stereocenters. The lowest BCUT2D eigenvalue weighted by molar-refractivity contribution is 0.0696. The lowest BCUT2D eigenvalue weighted by Gasteiger charge is -2.33. The van der Waals surface area contributed by atoms with Gasteiger partial charge in [0.2, 0.25) is 0 Å². The van der Waals surface area contributed by atoms with Crippen LogP contribution in [0.4, 0.5) is 10.1 Å². The predicted octanol–water partition coefficient (Wildman–Crippen LogP) is 4.44. The third-order valence-electron chi connectivity index (χ3n) is 5.12. The van der Waals surface area contributed by atoms with Crippen molar-refractivity contribution in [1.29, 1.82) is 0 Å². The molecule has 2 aromatic rings. The monoisotopic (exact) mass is 395 g/mol. The number of likely N-dealkylation sites (tertiary alicyclic amines) is 1.